The Bertz CT molecular complexity index is 1430. The molecule has 2 aliphatic rings. The maximum absolute atomic E-state index is 13.1. The van der Waals surface area contributed by atoms with Gasteiger partial charge in [-0.3, -0.25) is 29.5 Å². The lowest BCUT2D eigenvalue weighted by Crippen LogP contribution is -2.39. The molecule has 3 aromatic rings. The van der Waals surface area contributed by atoms with Crippen molar-refractivity contribution in [2.75, 3.05) is 22.1 Å². The van der Waals surface area contributed by atoms with Crippen molar-refractivity contribution in [3.8, 4) is 0 Å². The second kappa shape index (κ2) is 8.67. The number of aromatic nitrogens is 2. The van der Waals surface area contributed by atoms with Crippen LogP contribution in [0.4, 0.5) is 23.1 Å². The Kier molecular flexibility index (Phi) is 5.51. The van der Waals surface area contributed by atoms with Crippen LogP contribution in [0.25, 0.3) is 0 Å². The second-order valence-electron chi connectivity index (χ2n) is 8.64. The fourth-order valence-corrected chi connectivity index (χ4v) is 4.49. The molecule has 35 heavy (non-hydrogen) atoms. The Morgan fingerprint density at radius 3 is 2.74 bits per heavy atom. The molecule has 0 saturated carbocycles. The highest BCUT2D eigenvalue weighted by atomic mass is 16.6. The van der Waals surface area contributed by atoms with E-state index in [1.54, 1.807) is 6.92 Å². The number of rotatable bonds is 4. The van der Waals surface area contributed by atoms with Crippen LogP contribution < -0.4 is 21.1 Å². The number of fused-ring (bicyclic) bond motifs is 2. The molecule has 0 saturated heterocycles. The number of H-pyrrole nitrogens is 1. The van der Waals surface area contributed by atoms with E-state index in [0.29, 0.717) is 24.6 Å². The Morgan fingerprint density at radius 1 is 1.20 bits per heavy atom. The van der Waals surface area contributed by atoms with Gasteiger partial charge in [-0.15, -0.1) is 0 Å². The number of aryl methyl sites for hydroxylation is 1. The molecule has 0 aliphatic carbocycles. The first-order valence-electron chi connectivity index (χ1n) is 11.1. The van der Waals surface area contributed by atoms with E-state index in [-0.39, 0.29) is 29.2 Å². The third kappa shape index (κ3) is 4.23. The van der Waals surface area contributed by atoms with Gasteiger partial charge in [0.25, 0.3) is 11.2 Å². The zero-order valence-electron chi connectivity index (χ0n) is 18.8. The van der Waals surface area contributed by atoms with Crippen molar-refractivity contribution in [1.29, 1.82) is 0 Å². The van der Waals surface area contributed by atoms with Gasteiger partial charge in [-0.2, -0.15) is 4.98 Å². The molecule has 0 fully saturated rings. The first-order valence-corrected chi connectivity index (χ1v) is 11.1. The standard InChI is InChI=1S/C24H22N6O5/c1-13-6-7-16(30(34)35)10-18(13)25-22(32)17-11-19(31)26-21-20(17)23(33)28-24(27-21)29-9-8-14-4-2-3-5-15(14)12-29/h2-7,10,17H,8-9,11-12H2,1H3,(H,25,32)(H2,26,27,28,31,33). The molecular weight excluding hydrogens is 452 g/mol. The number of nitrogens with zero attached hydrogens (tertiary/aromatic N) is 3. The molecule has 1 aromatic heterocycles. The maximum atomic E-state index is 13.1. The SMILES string of the molecule is Cc1ccc([N+](=O)[O-])cc1NC(=O)C1CC(=O)Nc2nc(N3CCc4ccccc4C3)[nH]c(=O)c21. The van der Waals surface area contributed by atoms with Gasteiger partial charge in [-0.05, 0) is 30.0 Å². The molecule has 11 nitrogen and oxygen atoms in total. The van der Waals surface area contributed by atoms with Crippen LogP contribution in [0.5, 0.6) is 0 Å². The first kappa shape index (κ1) is 22.3. The monoisotopic (exact) mass is 474 g/mol. The van der Waals surface area contributed by atoms with Crippen LogP contribution in [0.15, 0.2) is 47.3 Å². The molecule has 0 spiro atoms. The summed E-state index contributed by atoms with van der Waals surface area (Å²) in [4.78, 5) is 58.4. The zero-order valence-corrected chi connectivity index (χ0v) is 18.8. The van der Waals surface area contributed by atoms with E-state index in [9.17, 15) is 24.5 Å². The third-order valence-corrected chi connectivity index (χ3v) is 6.38. The molecule has 2 aliphatic heterocycles. The van der Waals surface area contributed by atoms with Gasteiger partial charge in [0.15, 0.2) is 0 Å². The number of amides is 2. The predicted octanol–water partition coefficient (Wildman–Crippen LogP) is 2.61. The number of carbonyl (C=O) groups is 2. The summed E-state index contributed by atoms with van der Waals surface area (Å²) in [7, 11) is 0. The molecule has 11 heteroatoms. The van der Waals surface area contributed by atoms with Gasteiger partial charge in [-0.25, -0.2) is 0 Å². The first-order chi connectivity index (χ1) is 16.8. The largest absolute Gasteiger partial charge is 0.338 e. The highest BCUT2D eigenvalue weighted by molar-refractivity contribution is 6.04. The number of nitrogens with one attached hydrogen (secondary N) is 3. The van der Waals surface area contributed by atoms with E-state index in [4.69, 9.17) is 0 Å². The molecule has 5 rings (SSSR count). The fourth-order valence-electron chi connectivity index (χ4n) is 4.49. The van der Waals surface area contributed by atoms with Crippen LogP contribution in [0.3, 0.4) is 0 Å². The highest BCUT2D eigenvalue weighted by Gasteiger charge is 2.35. The molecular formula is C24H22N6O5. The molecule has 1 unspecified atom stereocenters. The van der Waals surface area contributed by atoms with Crippen molar-refractivity contribution in [2.24, 2.45) is 0 Å². The average Bonchev–Trinajstić information content (AvgIpc) is 2.84. The molecule has 3 N–H and O–H groups in total. The number of anilines is 3. The smallest absolute Gasteiger partial charge is 0.271 e. The van der Waals surface area contributed by atoms with E-state index in [0.717, 1.165) is 12.0 Å². The molecule has 3 heterocycles. The maximum Gasteiger partial charge on any atom is 0.271 e. The lowest BCUT2D eigenvalue weighted by Gasteiger charge is -2.30. The summed E-state index contributed by atoms with van der Waals surface area (Å²) in [6.07, 6.45) is 0.547. The van der Waals surface area contributed by atoms with Crippen LogP contribution in [-0.4, -0.2) is 33.3 Å². The Morgan fingerprint density at radius 2 is 1.97 bits per heavy atom. The van der Waals surface area contributed by atoms with E-state index in [2.05, 4.69) is 26.7 Å². The molecule has 2 amide bonds. The van der Waals surface area contributed by atoms with Gasteiger partial charge in [0, 0.05) is 31.6 Å². The van der Waals surface area contributed by atoms with Gasteiger partial charge in [-0.1, -0.05) is 30.3 Å². The van der Waals surface area contributed by atoms with Crippen LogP contribution >= 0.6 is 0 Å². The topological polar surface area (TPSA) is 150 Å². The Balaban J connectivity index is 1.45. The number of nitro groups is 1. The summed E-state index contributed by atoms with van der Waals surface area (Å²) in [6.45, 7) is 2.89. The van der Waals surface area contributed by atoms with E-state index in [1.807, 2.05) is 23.1 Å². The minimum atomic E-state index is -1.09. The van der Waals surface area contributed by atoms with Gasteiger partial charge >= 0.3 is 0 Å². The van der Waals surface area contributed by atoms with Gasteiger partial charge in [0.1, 0.15) is 5.82 Å². The summed E-state index contributed by atoms with van der Waals surface area (Å²) < 4.78 is 0. The van der Waals surface area contributed by atoms with Crippen molar-refractivity contribution in [1.82, 2.24) is 9.97 Å². The van der Waals surface area contributed by atoms with E-state index >= 15 is 0 Å². The van der Waals surface area contributed by atoms with Gasteiger partial charge < -0.3 is 15.5 Å². The highest BCUT2D eigenvalue weighted by Crippen LogP contribution is 2.32. The molecule has 0 bridgehead atoms. The number of benzene rings is 2. The summed E-state index contributed by atoms with van der Waals surface area (Å²) in [5, 5.41) is 16.4. The molecule has 1 atom stereocenters. The van der Waals surface area contributed by atoms with Crippen LogP contribution in [0.2, 0.25) is 0 Å². The van der Waals surface area contributed by atoms with Crippen molar-refractivity contribution < 1.29 is 14.5 Å². The summed E-state index contributed by atoms with van der Waals surface area (Å²) in [6, 6.07) is 12.1. The summed E-state index contributed by atoms with van der Waals surface area (Å²) in [5.74, 6) is -1.78. The zero-order chi connectivity index (χ0) is 24.7. The van der Waals surface area contributed by atoms with Gasteiger partial charge in [0.2, 0.25) is 17.8 Å². The quantitative estimate of drug-likeness (QED) is 0.388. The summed E-state index contributed by atoms with van der Waals surface area (Å²) >= 11 is 0. The number of hydrogen-bond donors (Lipinski definition) is 3. The van der Waals surface area contributed by atoms with Crippen LogP contribution in [0.1, 0.15) is 34.6 Å². The molecule has 178 valence electrons. The van der Waals surface area contributed by atoms with E-state index in [1.165, 1.54) is 23.8 Å². The number of carbonyl (C=O) groups excluding carboxylic acids is 2. The van der Waals surface area contributed by atoms with Crippen LogP contribution in [-0.2, 0) is 22.6 Å². The van der Waals surface area contributed by atoms with Crippen molar-refractivity contribution in [2.45, 2.75) is 32.2 Å². The number of hydrogen-bond acceptors (Lipinski definition) is 7. The third-order valence-electron chi connectivity index (χ3n) is 6.38. The van der Waals surface area contributed by atoms with Gasteiger partial charge in [0.05, 0.1) is 22.1 Å². The molecule has 2 aromatic carbocycles. The number of non-ortho nitro benzene ring substituents is 1. The van der Waals surface area contributed by atoms with E-state index < -0.39 is 28.2 Å². The molecule has 0 radical (unpaired) electrons. The van der Waals surface area contributed by atoms with Crippen molar-refractivity contribution in [3.63, 3.8) is 0 Å². The predicted molar refractivity (Wildman–Crippen MR) is 129 cm³/mol. The number of nitro benzene ring substituents is 1. The van der Waals surface area contributed by atoms with Crippen molar-refractivity contribution in [3.05, 3.63) is 85.2 Å². The van der Waals surface area contributed by atoms with Crippen molar-refractivity contribution >= 4 is 35.0 Å². The fraction of sp³-hybridized carbons (Fsp3) is 0.250. The number of aromatic amines is 1. The summed E-state index contributed by atoms with van der Waals surface area (Å²) in [5.41, 5.74) is 2.59. The Hall–Kier alpha value is -4.54. The lowest BCUT2D eigenvalue weighted by atomic mass is 9.92. The minimum Gasteiger partial charge on any atom is -0.338 e. The lowest BCUT2D eigenvalue weighted by molar-refractivity contribution is -0.384. The second-order valence-corrected chi connectivity index (χ2v) is 8.64. The Labute approximate surface area is 199 Å². The normalized spacial score (nSPS) is 16.7. The average molecular weight is 474 g/mol. The minimum absolute atomic E-state index is 0.0507. The van der Waals surface area contributed by atoms with Crippen LogP contribution in [0, 0.1) is 17.0 Å².